The summed E-state index contributed by atoms with van der Waals surface area (Å²) in [5.74, 6) is 2.43. The molecule has 0 aromatic heterocycles. The molecule has 1 fully saturated rings. The van der Waals surface area contributed by atoms with Crippen LogP contribution < -0.4 is 0 Å². The van der Waals surface area contributed by atoms with E-state index in [1.54, 1.807) is 4.31 Å². The summed E-state index contributed by atoms with van der Waals surface area (Å²) in [6.45, 7) is 5.21. The molecule has 17 heavy (non-hydrogen) atoms. The van der Waals surface area contributed by atoms with E-state index in [0.717, 1.165) is 25.7 Å². The summed E-state index contributed by atoms with van der Waals surface area (Å²) in [6, 6.07) is 0.0888. The van der Waals surface area contributed by atoms with E-state index in [9.17, 15) is 8.42 Å². The van der Waals surface area contributed by atoms with Crippen LogP contribution in [0.4, 0.5) is 0 Å². The van der Waals surface area contributed by atoms with Gasteiger partial charge < -0.3 is 0 Å². The molecule has 1 saturated heterocycles. The number of rotatable bonds is 5. The molecule has 0 aliphatic carbocycles. The fourth-order valence-electron chi connectivity index (χ4n) is 2.19. The van der Waals surface area contributed by atoms with E-state index >= 15 is 0 Å². The van der Waals surface area contributed by atoms with E-state index in [-0.39, 0.29) is 12.6 Å². The molecule has 4 nitrogen and oxygen atoms in total. The summed E-state index contributed by atoms with van der Waals surface area (Å²) in [6.07, 6.45) is 9.02. The van der Waals surface area contributed by atoms with E-state index < -0.39 is 10.2 Å². The number of piperidine rings is 1. The Morgan fingerprint density at radius 2 is 2.18 bits per heavy atom. The first-order chi connectivity index (χ1) is 8.04. The summed E-state index contributed by atoms with van der Waals surface area (Å²) >= 11 is 0. The average Bonchev–Trinajstić information content (AvgIpc) is 2.29. The Hall–Kier alpha value is -0.570. The molecule has 0 bridgehead atoms. The van der Waals surface area contributed by atoms with E-state index in [1.165, 1.54) is 4.31 Å². The SMILES string of the molecule is C#CCN(CCC)S(=O)(=O)N1CCCCC1C. The second-order valence-electron chi connectivity index (χ2n) is 4.50. The van der Waals surface area contributed by atoms with Crippen LogP contribution in [0.25, 0.3) is 0 Å². The second-order valence-corrected chi connectivity index (χ2v) is 6.38. The van der Waals surface area contributed by atoms with Gasteiger partial charge in [-0.05, 0) is 26.2 Å². The molecule has 5 heteroatoms. The Morgan fingerprint density at radius 1 is 1.47 bits per heavy atom. The lowest BCUT2D eigenvalue weighted by Crippen LogP contribution is -2.50. The molecule has 1 heterocycles. The van der Waals surface area contributed by atoms with Crippen LogP contribution in [0.15, 0.2) is 0 Å². The molecule has 0 radical (unpaired) electrons. The maximum Gasteiger partial charge on any atom is 0.283 e. The maximum absolute atomic E-state index is 12.4. The number of terminal acetylenes is 1. The smallest absolute Gasteiger partial charge is 0.195 e. The minimum atomic E-state index is -3.37. The van der Waals surface area contributed by atoms with Gasteiger partial charge in [-0.25, -0.2) is 0 Å². The normalized spacial score (nSPS) is 22.6. The Kier molecular flexibility index (Phi) is 5.44. The van der Waals surface area contributed by atoms with Crippen LogP contribution in [0, 0.1) is 12.3 Å². The minimum Gasteiger partial charge on any atom is -0.195 e. The van der Waals surface area contributed by atoms with Crippen molar-refractivity contribution in [3.63, 3.8) is 0 Å². The highest BCUT2D eigenvalue weighted by Gasteiger charge is 2.33. The highest BCUT2D eigenvalue weighted by Crippen LogP contribution is 2.22. The third-order valence-electron chi connectivity index (χ3n) is 3.11. The molecule has 0 N–H and O–H groups in total. The van der Waals surface area contributed by atoms with E-state index in [0.29, 0.717) is 13.1 Å². The number of hydrogen-bond donors (Lipinski definition) is 0. The number of nitrogens with zero attached hydrogens (tertiary/aromatic N) is 2. The lowest BCUT2D eigenvalue weighted by Gasteiger charge is -2.35. The van der Waals surface area contributed by atoms with Crippen LogP contribution in [-0.4, -0.2) is 42.7 Å². The molecule has 1 aliphatic rings. The van der Waals surface area contributed by atoms with Crippen LogP contribution in [0.2, 0.25) is 0 Å². The van der Waals surface area contributed by atoms with Gasteiger partial charge >= 0.3 is 0 Å². The van der Waals surface area contributed by atoms with Crippen molar-refractivity contribution >= 4 is 10.2 Å². The summed E-state index contributed by atoms with van der Waals surface area (Å²) in [5, 5.41) is 0. The molecule has 0 spiro atoms. The lowest BCUT2D eigenvalue weighted by molar-refractivity contribution is 0.247. The molecule has 1 rings (SSSR count). The molecule has 0 aromatic carbocycles. The van der Waals surface area contributed by atoms with Crippen molar-refractivity contribution in [2.75, 3.05) is 19.6 Å². The third-order valence-corrected chi connectivity index (χ3v) is 5.20. The zero-order valence-electron chi connectivity index (χ0n) is 10.7. The van der Waals surface area contributed by atoms with Crippen molar-refractivity contribution in [1.82, 2.24) is 8.61 Å². The summed E-state index contributed by atoms with van der Waals surface area (Å²) < 4.78 is 27.9. The topological polar surface area (TPSA) is 40.6 Å². The molecule has 1 aliphatic heterocycles. The van der Waals surface area contributed by atoms with Crippen molar-refractivity contribution in [3.05, 3.63) is 0 Å². The van der Waals surface area contributed by atoms with Gasteiger partial charge in [-0.1, -0.05) is 19.3 Å². The van der Waals surface area contributed by atoms with Crippen molar-refractivity contribution in [1.29, 1.82) is 0 Å². The van der Waals surface area contributed by atoms with Crippen LogP contribution in [-0.2, 0) is 10.2 Å². The predicted octanol–water partition coefficient (Wildman–Crippen LogP) is 1.45. The average molecular weight is 258 g/mol. The Labute approximate surface area is 105 Å². The highest BCUT2D eigenvalue weighted by molar-refractivity contribution is 7.86. The van der Waals surface area contributed by atoms with Gasteiger partial charge in [-0.3, -0.25) is 0 Å². The van der Waals surface area contributed by atoms with Gasteiger partial charge in [0, 0.05) is 19.1 Å². The summed E-state index contributed by atoms with van der Waals surface area (Å²) in [7, 11) is -3.37. The summed E-state index contributed by atoms with van der Waals surface area (Å²) in [5.41, 5.74) is 0. The minimum absolute atomic E-state index is 0.0888. The van der Waals surface area contributed by atoms with Crippen molar-refractivity contribution in [2.45, 2.75) is 45.6 Å². The van der Waals surface area contributed by atoms with Crippen LogP contribution in [0.3, 0.4) is 0 Å². The Bertz CT molecular complexity index is 372. The van der Waals surface area contributed by atoms with Crippen LogP contribution >= 0.6 is 0 Å². The molecule has 1 atom stereocenters. The fourth-order valence-corrected chi connectivity index (χ4v) is 4.06. The highest BCUT2D eigenvalue weighted by atomic mass is 32.2. The van der Waals surface area contributed by atoms with Gasteiger partial charge in [0.15, 0.2) is 0 Å². The predicted molar refractivity (Wildman–Crippen MR) is 69.6 cm³/mol. The standard InChI is InChI=1S/C12H22N2O2S/c1-4-9-13(10-5-2)17(15,16)14-11-7-6-8-12(14)3/h1,12H,5-11H2,2-3H3. The van der Waals surface area contributed by atoms with Gasteiger partial charge in [0.1, 0.15) is 0 Å². The van der Waals surface area contributed by atoms with E-state index in [2.05, 4.69) is 5.92 Å². The maximum atomic E-state index is 12.4. The summed E-state index contributed by atoms with van der Waals surface area (Å²) in [4.78, 5) is 0. The van der Waals surface area contributed by atoms with E-state index in [1.807, 2.05) is 13.8 Å². The van der Waals surface area contributed by atoms with Gasteiger partial charge in [0.25, 0.3) is 10.2 Å². The van der Waals surface area contributed by atoms with Gasteiger partial charge in [0.2, 0.25) is 0 Å². The van der Waals surface area contributed by atoms with Gasteiger partial charge in [-0.2, -0.15) is 17.0 Å². The van der Waals surface area contributed by atoms with Crippen molar-refractivity contribution in [3.8, 4) is 12.3 Å². The zero-order valence-corrected chi connectivity index (χ0v) is 11.5. The molecule has 0 amide bonds. The quantitative estimate of drug-likeness (QED) is 0.700. The van der Waals surface area contributed by atoms with E-state index in [4.69, 9.17) is 6.42 Å². The molecule has 0 saturated carbocycles. The largest absolute Gasteiger partial charge is 0.283 e. The first-order valence-electron chi connectivity index (χ1n) is 6.24. The van der Waals surface area contributed by atoms with Crippen molar-refractivity contribution < 1.29 is 8.42 Å². The zero-order chi connectivity index (χ0) is 12.9. The van der Waals surface area contributed by atoms with Crippen LogP contribution in [0.1, 0.15) is 39.5 Å². The molecule has 1 unspecified atom stereocenters. The first kappa shape index (κ1) is 14.5. The second kappa shape index (κ2) is 6.39. The van der Waals surface area contributed by atoms with Crippen molar-refractivity contribution in [2.24, 2.45) is 0 Å². The van der Waals surface area contributed by atoms with Crippen LogP contribution in [0.5, 0.6) is 0 Å². The van der Waals surface area contributed by atoms with Gasteiger partial charge in [0.05, 0.1) is 6.54 Å². The Morgan fingerprint density at radius 3 is 2.71 bits per heavy atom. The third kappa shape index (κ3) is 3.44. The Balaban J connectivity index is 2.86. The molecular formula is C12H22N2O2S. The number of hydrogen-bond acceptors (Lipinski definition) is 2. The monoisotopic (exact) mass is 258 g/mol. The fraction of sp³-hybridized carbons (Fsp3) is 0.833. The first-order valence-corrected chi connectivity index (χ1v) is 7.64. The van der Waals surface area contributed by atoms with Gasteiger partial charge in [-0.15, -0.1) is 6.42 Å². The molecular weight excluding hydrogens is 236 g/mol. The molecule has 98 valence electrons. The molecule has 0 aromatic rings. The lowest BCUT2D eigenvalue weighted by atomic mass is 10.1.